The van der Waals surface area contributed by atoms with Gasteiger partial charge in [-0.1, -0.05) is 36.4 Å². The largest absolute Gasteiger partial charge is 0.394 e. The van der Waals surface area contributed by atoms with Crippen molar-refractivity contribution < 1.29 is 27.1 Å². The van der Waals surface area contributed by atoms with E-state index in [4.69, 9.17) is 17.5 Å². The minimum absolute atomic E-state index is 0.0811. The molecule has 3 rings (SSSR count). The fourth-order valence-corrected chi connectivity index (χ4v) is 2.14. The zero-order chi connectivity index (χ0) is 17.7. The summed E-state index contributed by atoms with van der Waals surface area (Å²) in [5, 5.41) is 0. The van der Waals surface area contributed by atoms with E-state index < -0.39 is 10.4 Å². The molecule has 0 unspecified atom stereocenters. The van der Waals surface area contributed by atoms with Crippen LogP contribution in [0.25, 0.3) is 0 Å². The van der Waals surface area contributed by atoms with Crippen molar-refractivity contribution >= 4 is 33.7 Å². The zero-order valence-corrected chi connectivity index (χ0v) is 13.1. The number of nitrogens with zero attached hydrogens (tertiary/aromatic N) is 2. The van der Waals surface area contributed by atoms with Gasteiger partial charge < -0.3 is 0 Å². The molecule has 2 N–H and O–H groups in total. The first kappa shape index (κ1) is 17.6. The number of benzene rings is 2. The summed E-state index contributed by atoms with van der Waals surface area (Å²) >= 11 is 0. The Labute approximate surface area is 138 Å². The summed E-state index contributed by atoms with van der Waals surface area (Å²) in [5.41, 5.74) is 1.34. The second kappa shape index (κ2) is 7.21. The lowest BCUT2D eigenvalue weighted by Gasteiger charge is -2.16. The molecule has 2 aromatic carbocycles. The van der Waals surface area contributed by atoms with Crippen molar-refractivity contribution in [3.8, 4) is 0 Å². The first-order valence-corrected chi connectivity index (χ1v) is 8.11. The number of imide groups is 1. The third-order valence-corrected chi connectivity index (χ3v) is 3.05. The van der Waals surface area contributed by atoms with Gasteiger partial charge in [-0.2, -0.15) is 8.42 Å². The smallest absolute Gasteiger partial charge is 0.284 e. The van der Waals surface area contributed by atoms with Gasteiger partial charge in [-0.3, -0.25) is 18.8 Å². The summed E-state index contributed by atoms with van der Waals surface area (Å²) in [7, 11) is -4.67. The molecule has 1 aliphatic heterocycles. The predicted octanol–water partition coefficient (Wildman–Crippen LogP) is 2.01. The number of amides is 3. The van der Waals surface area contributed by atoms with Crippen LogP contribution in [0, 0.1) is 0 Å². The van der Waals surface area contributed by atoms with Gasteiger partial charge in [0.1, 0.15) is 6.54 Å². The standard InChI is InChI=1S/C15H12N2O2.H2O4S/c18-14-11-16(12-7-3-1-4-8-12)15(19)17(14)13-9-5-2-6-10-13;1-5(2,3)4/h1-10H,11H2;(H2,1,2,3,4). The van der Waals surface area contributed by atoms with E-state index >= 15 is 0 Å². The summed E-state index contributed by atoms with van der Waals surface area (Å²) in [4.78, 5) is 27.1. The molecule has 8 nitrogen and oxygen atoms in total. The highest BCUT2D eigenvalue weighted by molar-refractivity contribution is 7.79. The minimum Gasteiger partial charge on any atom is -0.284 e. The molecule has 0 atom stereocenters. The molecule has 126 valence electrons. The third kappa shape index (κ3) is 4.62. The van der Waals surface area contributed by atoms with Gasteiger partial charge in [0, 0.05) is 5.69 Å². The van der Waals surface area contributed by atoms with Crippen molar-refractivity contribution in [2.24, 2.45) is 0 Å². The van der Waals surface area contributed by atoms with Gasteiger partial charge in [-0.25, -0.2) is 9.69 Å². The van der Waals surface area contributed by atoms with Gasteiger partial charge in [0.2, 0.25) is 0 Å². The molecule has 1 saturated heterocycles. The lowest BCUT2D eigenvalue weighted by Crippen LogP contribution is -2.32. The number of anilines is 2. The zero-order valence-electron chi connectivity index (χ0n) is 12.3. The Morgan fingerprint density at radius 2 is 1.21 bits per heavy atom. The summed E-state index contributed by atoms with van der Waals surface area (Å²) < 4.78 is 31.6. The van der Waals surface area contributed by atoms with Crippen LogP contribution in [0.2, 0.25) is 0 Å². The summed E-state index contributed by atoms with van der Waals surface area (Å²) in [6.07, 6.45) is 0. The van der Waals surface area contributed by atoms with E-state index in [-0.39, 0.29) is 18.5 Å². The van der Waals surface area contributed by atoms with Gasteiger partial charge in [-0.15, -0.1) is 0 Å². The van der Waals surface area contributed by atoms with Crippen molar-refractivity contribution in [2.45, 2.75) is 0 Å². The van der Waals surface area contributed by atoms with Crippen LogP contribution < -0.4 is 9.80 Å². The highest BCUT2D eigenvalue weighted by Gasteiger charge is 2.37. The molecule has 0 bridgehead atoms. The Morgan fingerprint density at radius 3 is 1.67 bits per heavy atom. The first-order valence-electron chi connectivity index (χ1n) is 6.72. The van der Waals surface area contributed by atoms with Crippen LogP contribution in [0.4, 0.5) is 16.2 Å². The molecule has 1 aliphatic rings. The molecule has 3 amide bonds. The molecular formula is C15H14N2O6S. The van der Waals surface area contributed by atoms with E-state index in [0.29, 0.717) is 5.69 Å². The molecule has 24 heavy (non-hydrogen) atoms. The van der Waals surface area contributed by atoms with Crippen LogP contribution in [-0.4, -0.2) is 36.0 Å². The molecule has 1 fully saturated rings. The Hall–Kier alpha value is -2.75. The first-order chi connectivity index (χ1) is 11.3. The van der Waals surface area contributed by atoms with Crippen molar-refractivity contribution in [1.29, 1.82) is 0 Å². The van der Waals surface area contributed by atoms with E-state index in [9.17, 15) is 9.59 Å². The maximum Gasteiger partial charge on any atom is 0.394 e. The average molecular weight is 350 g/mol. The number of carbonyl (C=O) groups is 2. The Balaban J connectivity index is 0.000000368. The van der Waals surface area contributed by atoms with Crippen LogP contribution in [0.3, 0.4) is 0 Å². The van der Waals surface area contributed by atoms with Gasteiger partial charge in [0.05, 0.1) is 5.69 Å². The SMILES string of the molecule is O=C1CN(c2ccccc2)C(=O)N1c1ccccc1.O=S(=O)(O)O. The van der Waals surface area contributed by atoms with Crippen LogP contribution in [0.1, 0.15) is 0 Å². The van der Waals surface area contributed by atoms with Crippen LogP contribution in [0.5, 0.6) is 0 Å². The molecule has 9 heteroatoms. The number of rotatable bonds is 2. The second-order valence-electron chi connectivity index (χ2n) is 4.72. The quantitative estimate of drug-likeness (QED) is 0.632. The van der Waals surface area contributed by atoms with Gasteiger partial charge >= 0.3 is 16.4 Å². The second-order valence-corrected chi connectivity index (χ2v) is 5.61. The Bertz CT molecular complexity index is 816. The summed E-state index contributed by atoms with van der Waals surface area (Å²) in [5.74, 6) is -0.208. The van der Waals surface area contributed by atoms with E-state index in [0.717, 1.165) is 5.69 Å². The number of hydrogen-bond acceptors (Lipinski definition) is 4. The number of hydrogen-bond donors (Lipinski definition) is 2. The van der Waals surface area contributed by atoms with Crippen LogP contribution in [-0.2, 0) is 15.2 Å². The molecular weight excluding hydrogens is 336 g/mol. The normalized spacial score (nSPS) is 14.4. The van der Waals surface area contributed by atoms with Crippen LogP contribution in [0.15, 0.2) is 60.7 Å². The molecule has 0 aromatic heterocycles. The molecule has 0 aliphatic carbocycles. The van der Waals surface area contributed by atoms with E-state index in [1.807, 2.05) is 36.4 Å². The fraction of sp³-hybridized carbons (Fsp3) is 0.0667. The fourth-order valence-electron chi connectivity index (χ4n) is 2.14. The van der Waals surface area contributed by atoms with Gasteiger partial charge in [0.15, 0.2) is 0 Å². The number of urea groups is 1. The summed E-state index contributed by atoms with van der Waals surface area (Å²) in [6, 6.07) is 17.9. The van der Waals surface area contributed by atoms with Crippen molar-refractivity contribution in [3.05, 3.63) is 60.7 Å². The predicted molar refractivity (Wildman–Crippen MR) is 87.3 cm³/mol. The number of carbonyl (C=O) groups excluding carboxylic acids is 2. The highest BCUT2D eigenvalue weighted by atomic mass is 32.3. The molecule has 2 aromatic rings. The monoisotopic (exact) mass is 350 g/mol. The lowest BCUT2D eigenvalue weighted by atomic mass is 10.3. The number of para-hydroxylation sites is 2. The molecule has 1 heterocycles. The van der Waals surface area contributed by atoms with E-state index in [1.54, 1.807) is 24.3 Å². The maximum atomic E-state index is 12.3. The van der Waals surface area contributed by atoms with E-state index in [1.165, 1.54) is 9.80 Å². The van der Waals surface area contributed by atoms with Crippen molar-refractivity contribution in [3.63, 3.8) is 0 Å². The summed E-state index contributed by atoms with van der Waals surface area (Å²) in [6.45, 7) is 0.0811. The van der Waals surface area contributed by atoms with Crippen molar-refractivity contribution in [1.82, 2.24) is 0 Å². The Morgan fingerprint density at radius 1 is 0.792 bits per heavy atom. The lowest BCUT2D eigenvalue weighted by molar-refractivity contribution is -0.115. The highest BCUT2D eigenvalue weighted by Crippen LogP contribution is 2.25. The molecule has 0 spiro atoms. The van der Waals surface area contributed by atoms with Crippen LogP contribution >= 0.6 is 0 Å². The van der Waals surface area contributed by atoms with Gasteiger partial charge in [0.25, 0.3) is 5.91 Å². The minimum atomic E-state index is -4.67. The molecule has 0 saturated carbocycles. The Kier molecular flexibility index (Phi) is 5.29. The topological polar surface area (TPSA) is 115 Å². The molecule has 0 radical (unpaired) electrons. The average Bonchev–Trinajstić information content (AvgIpc) is 2.82. The van der Waals surface area contributed by atoms with E-state index in [2.05, 4.69) is 0 Å². The third-order valence-electron chi connectivity index (χ3n) is 3.05. The van der Waals surface area contributed by atoms with Gasteiger partial charge in [-0.05, 0) is 24.3 Å². The maximum absolute atomic E-state index is 12.3. The van der Waals surface area contributed by atoms with Crippen molar-refractivity contribution in [2.75, 3.05) is 16.3 Å².